The zero-order valence-electron chi connectivity index (χ0n) is 8.29. The molecule has 0 spiro atoms. The molecule has 0 fully saturated rings. The highest BCUT2D eigenvalue weighted by Crippen LogP contribution is 2.07. The van der Waals surface area contributed by atoms with Crippen LogP contribution in [0.2, 0.25) is 0 Å². The SMILES string of the molecule is CC.NCc1ccccc1CC=S. The molecule has 72 valence electrons. The van der Waals surface area contributed by atoms with Gasteiger partial charge in [0.1, 0.15) is 0 Å². The number of hydrogen-bond acceptors (Lipinski definition) is 2. The van der Waals surface area contributed by atoms with Gasteiger partial charge in [0, 0.05) is 13.0 Å². The molecular formula is C11H17NS. The number of benzene rings is 1. The Morgan fingerprint density at radius 2 is 1.77 bits per heavy atom. The van der Waals surface area contributed by atoms with Crippen molar-refractivity contribution >= 4 is 17.6 Å². The fourth-order valence-corrected chi connectivity index (χ4v) is 1.23. The van der Waals surface area contributed by atoms with Crippen molar-refractivity contribution in [1.82, 2.24) is 0 Å². The molecule has 0 bridgehead atoms. The first kappa shape index (κ1) is 12.3. The fourth-order valence-electron chi connectivity index (χ4n) is 1.05. The molecular weight excluding hydrogens is 178 g/mol. The lowest BCUT2D eigenvalue weighted by Gasteiger charge is -2.02. The number of hydrogen-bond donors (Lipinski definition) is 1. The van der Waals surface area contributed by atoms with Gasteiger partial charge in [-0.25, -0.2) is 0 Å². The monoisotopic (exact) mass is 195 g/mol. The van der Waals surface area contributed by atoms with Crippen LogP contribution in [0.25, 0.3) is 0 Å². The van der Waals surface area contributed by atoms with Crippen LogP contribution in [0, 0.1) is 0 Å². The smallest absolute Gasteiger partial charge is 0.0180 e. The topological polar surface area (TPSA) is 26.0 Å². The molecule has 0 saturated heterocycles. The summed E-state index contributed by atoms with van der Waals surface area (Å²) in [6, 6.07) is 8.10. The Balaban J connectivity index is 0.000000671. The molecule has 0 saturated carbocycles. The van der Waals surface area contributed by atoms with Crippen molar-refractivity contribution in [2.24, 2.45) is 5.73 Å². The number of nitrogens with two attached hydrogens (primary N) is 1. The molecule has 1 rings (SSSR count). The third-order valence-electron chi connectivity index (χ3n) is 1.64. The van der Waals surface area contributed by atoms with E-state index in [9.17, 15) is 0 Å². The van der Waals surface area contributed by atoms with Gasteiger partial charge in [-0.2, -0.15) is 0 Å². The molecule has 0 atom stereocenters. The van der Waals surface area contributed by atoms with E-state index in [1.807, 2.05) is 32.0 Å². The highest BCUT2D eigenvalue weighted by Gasteiger charge is 1.95. The number of thiocarbonyl (C=S) groups is 1. The van der Waals surface area contributed by atoms with Gasteiger partial charge >= 0.3 is 0 Å². The first-order valence-corrected chi connectivity index (χ1v) is 5.06. The summed E-state index contributed by atoms with van der Waals surface area (Å²) in [4.78, 5) is 0. The Morgan fingerprint density at radius 3 is 2.23 bits per heavy atom. The zero-order chi connectivity index (χ0) is 10.1. The molecule has 0 unspecified atom stereocenters. The molecule has 0 aliphatic carbocycles. The van der Waals surface area contributed by atoms with Gasteiger partial charge in [-0.3, -0.25) is 0 Å². The summed E-state index contributed by atoms with van der Waals surface area (Å²) < 4.78 is 0. The molecule has 1 aromatic rings. The predicted octanol–water partition coefficient (Wildman–Crippen LogP) is 2.71. The van der Waals surface area contributed by atoms with Crippen LogP contribution < -0.4 is 5.73 Å². The summed E-state index contributed by atoms with van der Waals surface area (Å²) in [7, 11) is 0. The van der Waals surface area contributed by atoms with Crippen LogP contribution in [0.5, 0.6) is 0 Å². The van der Waals surface area contributed by atoms with E-state index in [4.69, 9.17) is 18.0 Å². The van der Waals surface area contributed by atoms with Gasteiger partial charge in [-0.15, -0.1) is 0 Å². The number of rotatable bonds is 3. The average molecular weight is 195 g/mol. The second-order valence-electron chi connectivity index (χ2n) is 2.34. The summed E-state index contributed by atoms with van der Waals surface area (Å²) >= 11 is 4.78. The van der Waals surface area contributed by atoms with Gasteiger partial charge in [-0.05, 0) is 16.5 Å². The molecule has 0 amide bonds. The normalized spacial score (nSPS) is 8.54. The summed E-state index contributed by atoms with van der Waals surface area (Å²) in [5.74, 6) is 0. The highest BCUT2D eigenvalue weighted by molar-refractivity contribution is 7.78. The third-order valence-corrected chi connectivity index (χ3v) is 1.81. The van der Waals surface area contributed by atoms with Crippen molar-refractivity contribution in [2.45, 2.75) is 26.8 Å². The predicted molar refractivity (Wildman–Crippen MR) is 63.0 cm³/mol. The second-order valence-corrected chi connectivity index (χ2v) is 2.68. The molecule has 2 heteroatoms. The van der Waals surface area contributed by atoms with E-state index in [-0.39, 0.29) is 0 Å². The van der Waals surface area contributed by atoms with Crippen molar-refractivity contribution in [3.8, 4) is 0 Å². The summed E-state index contributed by atoms with van der Waals surface area (Å²) in [5.41, 5.74) is 7.96. The largest absolute Gasteiger partial charge is 0.326 e. The van der Waals surface area contributed by atoms with Crippen LogP contribution in [0.4, 0.5) is 0 Å². The van der Waals surface area contributed by atoms with Crippen molar-refractivity contribution in [3.05, 3.63) is 35.4 Å². The van der Waals surface area contributed by atoms with Gasteiger partial charge in [-0.1, -0.05) is 50.3 Å². The molecule has 1 nitrogen and oxygen atoms in total. The first-order valence-electron chi connectivity index (χ1n) is 4.59. The molecule has 1 aromatic carbocycles. The van der Waals surface area contributed by atoms with Gasteiger partial charge in [0.05, 0.1) is 0 Å². The minimum Gasteiger partial charge on any atom is -0.326 e. The Labute approximate surface area is 86.0 Å². The van der Waals surface area contributed by atoms with Crippen molar-refractivity contribution in [2.75, 3.05) is 0 Å². The van der Waals surface area contributed by atoms with E-state index in [0.29, 0.717) is 6.54 Å². The van der Waals surface area contributed by atoms with E-state index >= 15 is 0 Å². The molecule has 2 N–H and O–H groups in total. The van der Waals surface area contributed by atoms with Crippen molar-refractivity contribution in [3.63, 3.8) is 0 Å². The fraction of sp³-hybridized carbons (Fsp3) is 0.364. The van der Waals surface area contributed by atoms with E-state index in [1.54, 1.807) is 5.37 Å². The lowest BCUT2D eigenvalue weighted by Crippen LogP contribution is -2.01. The van der Waals surface area contributed by atoms with Crippen LogP contribution in [0.1, 0.15) is 25.0 Å². The molecule has 0 aromatic heterocycles. The standard InChI is InChI=1S/C9H11NS.C2H6/c10-7-9-4-2-1-3-8(9)5-6-11;1-2/h1-4,6H,5,7,10H2;1-2H3. The average Bonchev–Trinajstić information content (AvgIpc) is 2.22. The van der Waals surface area contributed by atoms with E-state index in [1.165, 1.54) is 11.1 Å². The maximum atomic E-state index is 5.53. The van der Waals surface area contributed by atoms with Crippen LogP contribution >= 0.6 is 12.2 Å². The third kappa shape index (κ3) is 4.15. The summed E-state index contributed by atoms with van der Waals surface area (Å²) in [6.07, 6.45) is 0.836. The molecule has 0 heterocycles. The molecule has 0 aliphatic rings. The first-order chi connectivity index (χ1) is 6.38. The van der Waals surface area contributed by atoms with Crippen LogP contribution in [0.15, 0.2) is 24.3 Å². The summed E-state index contributed by atoms with van der Waals surface area (Å²) in [5, 5.41) is 1.73. The molecule has 0 radical (unpaired) electrons. The van der Waals surface area contributed by atoms with Gasteiger partial charge in [0.2, 0.25) is 0 Å². The summed E-state index contributed by atoms with van der Waals surface area (Å²) in [6.45, 7) is 4.60. The Bertz CT molecular complexity index is 246. The van der Waals surface area contributed by atoms with Gasteiger partial charge in [0.15, 0.2) is 0 Å². The maximum absolute atomic E-state index is 5.53. The van der Waals surface area contributed by atoms with Crippen LogP contribution in [0.3, 0.4) is 0 Å². The lowest BCUT2D eigenvalue weighted by atomic mass is 10.1. The van der Waals surface area contributed by atoms with Gasteiger partial charge in [0.25, 0.3) is 0 Å². The van der Waals surface area contributed by atoms with Crippen LogP contribution in [-0.2, 0) is 13.0 Å². The van der Waals surface area contributed by atoms with Crippen LogP contribution in [-0.4, -0.2) is 5.37 Å². The second kappa shape index (κ2) is 7.90. The Kier molecular flexibility index (Phi) is 7.45. The Hall–Kier alpha value is -0.730. The minimum absolute atomic E-state index is 0.597. The van der Waals surface area contributed by atoms with Crippen molar-refractivity contribution in [1.29, 1.82) is 0 Å². The maximum Gasteiger partial charge on any atom is 0.0180 e. The molecule has 13 heavy (non-hydrogen) atoms. The minimum atomic E-state index is 0.597. The lowest BCUT2D eigenvalue weighted by molar-refractivity contribution is 1.04. The zero-order valence-corrected chi connectivity index (χ0v) is 9.10. The van der Waals surface area contributed by atoms with Gasteiger partial charge < -0.3 is 5.73 Å². The molecule has 0 aliphatic heterocycles. The quantitative estimate of drug-likeness (QED) is 0.750. The highest BCUT2D eigenvalue weighted by atomic mass is 32.1. The Morgan fingerprint density at radius 1 is 1.23 bits per heavy atom. The van der Waals surface area contributed by atoms with E-state index in [2.05, 4.69) is 6.07 Å². The van der Waals surface area contributed by atoms with Crippen molar-refractivity contribution < 1.29 is 0 Å². The van der Waals surface area contributed by atoms with E-state index in [0.717, 1.165) is 6.42 Å². The van der Waals surface area contributed by atoms with E-state index < -0.39 is 0 Å².